The fourth-order valence-corrected chi connectivity index (χ4v) is 4.64. The van der Waals surface area contributed by atoms with Gasteiger partial charge in [-0.3, -0.25) is 9.59 Å². The van der Waals surface area contributed by atoms with Crippen LogP contribution in [-0.4, -0.2) is 18.8 Å². The number of nitrogens with one attached hydrogen (secondary N) is 2. The normalized spacial score (nSPS) is 19.9. The van der Waals surface area contributed by atoms with Gasteiger partial charge in [0, 0.05) is 34.9 Å². The second-order valence-electron chi connectivity index (χ2n) is 9.14. The van der Waals surface area contributed by atoms with Gasteiger partial charge in [-0.15, -0.1) is 0 Å². The van der Waals surface area contributed by atoms with Crippen LogP contribution in [-0.2, 0) is 9.59 Å². The van der Waals surface area contributed by atoms with Crippen LogP contribution in [0.1, 0.15) is 45.1 Å². The van der Waals surface area contributed by atoms with Crippen molar-refractivity contribution >= 4 is 17.4 Å². The lowest BCUT2D eigenvalue weighted by Crippen LogP contribution is -2.39. The first-order chi connectivity index (χ1) is 15.2. The largest absolute Gasteiger partial charge is 0.497 e. The van der Waals surface area contributed by atoms with Crippen molar-refractivity contribution in [3.63, 3.8) is 0 Å². The molecule has 4 rings (SSSR count). The van der Waals surface area contributed by atoms with Gasteiger partial charge >= 0.3 is 0 Å². The predicted octanol–water partition coefficient (Wildman–Crippen LogP) is 5.08. The lowest BCUT2D eigenvalue weighted by molar-refractivity contribution is -0.118. The van der Waals surface area contributed by atoms with E-state index in [1.165, 1.54) is 12.1 Å². The molecule has 1 aliphatic carbocycles. The second-order valence-corrected chi connectivity index (χ2v) is 9.14. The fourth-order valence-electron chi connectivity index (χ4n) is 4.64. The molecule has 0 saturated heterocycles. The molecule has 2 N–H and O–H groups in total. The van der Waals surface area contributed by atoms with E-state index in [1.807, 2.05) is 31.2 Å². The fraction of sp³-hybridized carbons (Fsp3) is 0.308. The minimum Gasteiger partial charge on any atom is -0.497 e. The highest BCUT2D eigenvalue weighted by Crippen LogP contribution is 2.47. The third kappa shape index (κ3) is 4.05. The summed E-state index contributed by atoms with van der Waals surface area (Å²) in [6.07, 6.45) is 1.10. The van der Waals surface area contributed by atoms with Gasteiger partial charge in [-0.2, -0.15) is 0 Å². The molecule has 6 heteroatoms. The zero-order valence-corrected chi connectivity index (χ0v) is 18.7. The van der Waals surface area contributed by atoms with Crippen LogP contribution in [0.15, 0.2) is 71.1 Å². The van der Waals surface area contributed by atoms with Crippen molar-refractivity contribution in [2.45, 2.75) is 39.5 Å². The van der Waals surface area contributed by atoms with Crippen molar-refractivity contribution in [1.82, 2.24) is 5.32 Å². The molecule has 0 spiro atoms. The van der Waals surface area contributed by atoms with E-state index in [4.69, 9.17) is 4.74 Å². The molecule has 0 radical (unpaired) electrons. The van der Waals surface area contributed by atoms with Gasteiger partial charge in [0.2, 0.25) is 0 Å². The molecule has 1 aliphatic heterocycles. The highest BCUT2D eigenvalue weighted by atomic mass is 19.1. The van der Waals surface area contributed by atoms with Crippen molar-refractivity contribution in [3.8, 4) is 5.75 Å². The van der Waals surface area contributed by atoms with Crippen LogP contribution in [0, 0.1) is 11.2 Å². The molecule has 1 heterocycles. The van der Waals surface area contributed by atoms with E-state index in [-0.39, 0.29) is 16.9 Å². The summed E-state index contributed by atoms with van der Waals surface area (Å²) >= 11 is 0. The number of ether oxygens (including phenoxy) is 1. The Morgan fingerprint density at radius 1 is 1.16 bits per heavy atom. The Balaban J connectivity index is 1.83. The van der Waals surface area contributed by atoms with Crippen LogP contribution in [0.2, 0.25) is 0 Å². The third-order valence-electron chi connectivity index (χ3n) is 6.03. The average Bonchev–Trinajstić information content (AvgIpc) is 2.73. The number of rotatable bonds is 4. The maximum atomic E-state index is 14.2. The van der Waals surface area contributed by atoms with Crippen molar-refractivity contribution in [3.05, 3.63) is 82.5 Å². The number of Topliss-reactive ketones (excluding diaryl/α,β-unsaturated/α-hetero) is 1. The summed E-state index contributed by atoms with van der Waals surface area (Å²) in [7, 11) is 1.58. The van der Waals surface area contributed by atoms with Gasteiger partial charge in [-0.25, -0.2) is 4.39 Å². The van der Waals surface area contributed by atoms with Crippen LogP contribution >= 0.6 is 0 Å². The maximum Gasteiger partial charge on any atom is 0.254 e. The third-order valence-corrected chi connectivity index (χ3v) is 6.03. The number of hydrogen-bond acceptors (Lipinski definition) is 4. The summed E-state index contributed by atoms with van der Waals surface area (Å²) in [4.78, 5) is 26.8. The van der Waals surface area contributed by atoms with E-state index >= 15 is 0 Å². The van der Waals surface area contributed by atoms with Gasteiger partial charge in [0.05, 0.1) is 12.8 Å². The van der Waals surface area contributed by atoms with Crippen LogP contribution < -0.4 is 15.4 Å². The molecule has 32 heavy (non-hydrogen) atoms. The van der Waals surface area contributed by atoms with E-state index < -0.39 is 17.6 Å². The summed E-state index contributed by atoms with van der Waals surface area (Å²) in [5, 5.41) is 6.00. The van der Waals surface area contributed by atoms with Gasteiger partial charge in [0.1, 0.15) is 11.6 Å². The van der Waals surface area contributed by atoms with Crippen LogP contribution in [0.3, 0.4) is 0 Å². The van der Waals surface area contributed by atoms with Gasteiger partial charge in [-0.05, 0) is 48.6 Å². The average molecular weight is 435 g/mol. The molecule has 5 nitrogen and oxygen atoms in total. The summed E-state index contributed by atoms with van der Waals surface area (Å²) in [5.74, 6) is -0.886. The maximum absolute atomic E-state index is 14.2. The van der Waals surface area contributed by atoms with E-state index in [0.29, 0.717) is 35.4 Å². The van der Waals surface area contributed by atoms with Crippen LogP contribution in [0.4, 0.5) is 10.1 Å². The molecular formula is C26H27FN2O3. The number of halogens is 1. The molecule has 0 fully saturated rings. The molecule has 2 aliphatic rings. The van der Waals surface area contributed by atoms with Crippen LogP contribution in [0.5, 0.6) is 5.75 Å². The first kappa shape index (κ1) is 21.8. The number of para-hydroxylation sites is 1. The molecule has 0 bridgehead atoms. The summed E-state index contributed by atoms with van der Waals surface area (Å²) in [6, 6.07) is 13.4. The summed E-state index contributed by atoms with van der Waals surface area (Å²) < 4.78 is 19.6. The summed E-state index contributed by atoms with van der Waals surface area (Å²) in [6.45, 7) is 5.95. The number of allylic oxidation sites excluding steroid dienone is 3. The molecular weight excluding hydrogens is 407 g/mol. The number of dihydropyridines is 1. The number of ketones is 1. The number of amides is 1. The van der Waals surface area contributed by atoms with Crippen LogP contribution in [0.25, 0.3) is 0 Å². The van der Waals surface area contributed by atoms with Gasteiger partial charge in [0.25, 0.3) is 5.91 Å². The Morgan fingerprint density at radius 3 is 2.62 bits per heavy atom. The number of carbonyl (C=O) groups is 2. The Labute approximate surface area is 187 Å². The van der Waals surface area contributed by atoms with E-state index in [2.05, 4.69) is 24.5 Å². The highest BCUT2D eigenvalue weighted by molar-refractivity contribution is 6.10. The zero-order chi connectivity index (χ0) is 23.0. The predicted molar refractivity (Wildman–Crippen MR) is 122 cm³/mol. The SMILES string of the molecule is COc1cccc([C@H]2C(C(=O)Nc3ccccc3F)=C(C)NC3=C2C(=O)CC(C)(C)C3)c1. The topological polar surface area (TPSA) is 67.4 Å². The Morgan fingerprint density at radius 2 is 1.91 bits per heavy atom. The number of anilines is 1. The van der Waals surface area contributed by atoms with Gasteiger partial charge in [-0.1, -0.05) is 38.1 Å². The number of hydrogen-bond donors (Lipinski definition) is 2. The first-order valence-corrected chi connectivity index (χ1v) is 10.6. The minimum absolute atomic E-state index is 0.0141. The van der Waals surface area contributed by atoms with E-state index in [9.17, 15) is 14.0 Å². The van der Waals surface area contributed by atoms with Crippen molar-refractivity contribution in [2.75, 3.05) is 12.4 Å². The molecule has 0 aromatic heterocycles. The zero-order valence-electron chi connectivity index (χ0n) is 18.7. The van der Waals surface area contributed by atoms with E-state index in [1.54, 1.807) is 19.2 Å². The molecule has 166 valence electrons. The van der Waals surface area contributed by atoms with Gasteiger partial charge < -0.3 is 15.4 Å². The number of carbonyl (C=O) groups excluding carboxylic acids is 2. The quantitative estimate of drug-likeness (QED) is 0.705. The van der Waals surface area contributed by atoms with Crippen molar-refractivity contribution in [2.24, 2.45) is 5.41 Å². The molecule has 2 aromatic carbocycles. The monoisotopic (exact) mass is 434 g/mol. The number of methoxy groups -OCH3 is 1. The second kappa shape index (κ2) is 8.26. The van der Waals surface area contributed by atoms with E-state index in [0.717, 1.165) is 11.3 Å². The molecule has 1 atom stereocenters. The number of benzene rings is 2. The highest BCUT2D eigenvalue weighted by Gasteiger charge is 2.42. The molecule has 0 unspecified atom stereocenters. The molecule has 2 aromatic rings. The lowest BCUT2D eigenvalue weighted by Gasteiger charge is -2.39. The Bertz CT molecular complexity index is 1160. The van der Waals surface area contributed by atoms with Crippen molar-refractivity contribution in [1.29, 1.82) is 0 Å². The Kier molecular flexibility index (Phi) is 5.63. The first-order valence-electron chi connectivity index (χ1n) is 10.6. The summed E-state index contributed by atoms with van der Waals surface area (Å²) in [5.41, 5.74) is 3.20. The smallest absolute Gasteiger partial charge is 0.254 e. The molecule has 0 saturated carbocycles. The standard InChI is InChI=1S/C26H27FN2O3/c1-15-22(25(31)29-19-11-6-5-10-18(19)27)23(16-8-7-9-17(12-16)32-4)24-20(28-15)13-26(2,3)14-21(24)30/h5-12,23,28H,13-14H2,1-4H3,(H,29,31)/t23-/m0/s1. The van der Waals surface area contributed by atoms with Gasteiger partial charge in [0.15, 0.2) is 5.78 Å². The Hall–Kier alpha value is -3.41. The van der Waals surface area contributed by atoms with Crippen molar-refractivity contribution < 1.29 is 18.7 Å². The lowest BCUT2D eigenvalue weighted by atomic mass is 9.68. The minimum atomic E-state index is -0.572. The molecule has 1 amide bonds.